The largest absolute Gasteiger partial charge is 0.462 e. The maximum absolute atomic E-state index is 11.9. The number of nitrogens with zero attached hydrogens (tertiary/aromatic N) is 1. The van der Waals surface area contributed by atoms with Crippen molar-refractivity contribution in [1.82, 2.24) is 0 Å². The van der Waals surface area contributed by atoms with Crippen molar-refractivity contribution >= 4 is 29.9 Å². The van der Waals surface area contributed by atoms with Crippen LogP contribution in [0.4, 0.5) is 0 Å². The van der Waals surface area contributed by atoms with E-state index in [4.69, 9.17) is 4.74 Å². The number of benzene rings is 3. The van der Waals surface area contributed by atoms with E-state index in [2.05, 4.69) is 79.7 Å². The summed E-state index contributed by atoms with van der Waals surface area (Å²) in [6.45, 7) is 4.26. The van der Waals surface area contributed by atoms with E-state index in [1.165, 1.54) is 16.2 Å². The van der Waals surface area contributed by atoms with Crippen LogP contribution in [0.2, 0.25) is 0 Å². The molecule has 0 fully saturated rings. The lowest BCUT2D eigenvalue weighted by Gasteiger charge is -2.26. The Labute approximate surface area is 185 Å². The molecule has 31 heavy (non-hydrogen) atoms. The molecule has 4 heteroatoms. The second-order valence-electron chi connectivity index (χ2n) is 7.25. The minimum Gasteiger partial charge on any atom is -0.462 e. The van der Waals surface area contributed by atoms with Crippen LogP contribution in [-0.2, 0) is 15.7 Å². The van der Waals surface area contributed by atoms with Crippen molar-refractivity contribution in [2.24, 2.45) is 0 Å². The molecule has 0 saturated carbocycles. The molecule has 3 rings (SSSR count). The van der Waals surface area contributed by atoms with Gasteiger partial charge in [-0.15, -0.1) is 0 Å². The van der Waals surface area contributed by atoms with Gasteiger partial charge in [-0.05, 0) is 55.3 Å². The van der Waals surface area contributed by atoms with Crippen molar-refractivity contribution in [2.45, 2.75) is 20.0 Å². The van der Waals surface area contributed by atoms with Crippen molar-refractivity contribution in [3.8, 4) is 6.07 Å². The third kappa shape index (κ3) is 5.29. The van der Waals surface area contributed by atoms with Crippen molar-refractivity contribution in [3.05, 3.63) is 102 Å². The Morgan fingerprint density at radius 2 is 1.45 bits per heavy atom. The molecule has 0 spiro atoms. The van der Waals surface area contributed by atoms with Gasteiger partial charge in [0.05, 0.1) is 36.8 Å². The fraction of sp³-hybridized carbons (Fsp3) is 0.185. The van der Waals surface area contributed by atoms with Gasteiger partial charge in [-0.3, -0.25) is 0 Å². The Morgan fingerprint density at radius 3 is 1.90 bits per heavy atom. The summed E-state index contributed by atoms with van der Waals surface area (Å²) in [6, 6.07) is 31.7. The van der Waals surface area contributed by atoms with E-state index >= 15 is 0 Å². The van der Waals surface area contributed by atoms with E-state index < -0.39 is 13.2 Å². The molecule has 156 valence electrons. The van der Waals surface area contributed by atoms with E-state index in [9.17, 15) is 10.1 Å². The smallest absolute Gasteiger partial charge is 0.348 e. The molecule has 0 amide bonds. The molecular weight excluding hydrogens is 401 g/mol. The lowest BCUT2D eigenvalue weighted by atomic mass is 10.1. The minimum atomic E-state index is -1.62. The van der Waals surface area contributed by atoms with E-state index in [0.29, 0.717) is 0 Å². The molecule has 3 nitrogen and oxygen atoms in total. The highest BCUT2D eigenvalue weighted by Crippen LogP contribution is 2.58. The molecule has 0 aliphatic rings. The van der Waals surface area contributed by atoms with Gasteiger partial charge < -0.3 is 4.74 Å². The van der Waals surface area contributed by atoms with Gasteiger partial charge in [-0.2, -0.15) is 5.26 Å². The fourth-order valence-corrected chi connectivity index (χ4v) is 7.72. The summed E-state index contributed by atoms with van der Waals surface area (Å²) >= 11 is 0. The lowest BCUT2D eigenvalue weighted by Crippen LogP contribution is -2.25. The van der Waals surface area contributed by atoms with Crippen LogP contribution in [0.5, 0.6) is 0 Å². The van der Waals surface area contributed by atoms with E-state index in [-0.39, 0.29) is 12.2 Å². The zero-order valence-electron chi connectivity index (χ0n) is 18.0. The van der Waals surface area contributed by atoms with Crippen LogP contribution in [0.3, 0.4) is 0 Å². The number of carbonyl (C=O) groups is 1. The first-order valence-corrected chi connectivity index (χ1v) is 12.6. The number of rotatable bonds is 8. The van der Waals surface area contributed by atoms with Gasteiger partial charge in [0.25, 0.3) is 0 Å². The molecule has 0 bridgehead atoms. The quantitative estimate of drug-likeness (QED) is 0.210. The lowest BCUT2D eigenvalue weighted by molar-refractivity contribution is -0.137. The fourth-order valence-electron chi connectivity index (χ4n) is 3.78. The van der Waals surface area contributed by atoms with E-state index in [1.807, 2.05) is 18.2 Å². The second-order valence-corrected chi connectivity index (χ2v) is 11.2. The average Bonchev–Trinajstić information content (AvgIpc) is 2.83. The normalized spacial score (nSPS) is 11.6. The van der Waals surface area contributed by atoms with Gasteiger partial charge >= 0.3 is 5.97 Å². The molecule has 0 aliphatic carbocycles. The van der Waals surface area contributed by atoms with Crippen LogP contribution >= 0.6 is 7.26 Å². The Balaban J connectivity index is 1.95. The molecule has 0 N–H and O–H groups in total. The standard InChI is InChI=1S/C27H27NO2P/c1-3-30-27(29)24(20-28)19-22-15-17-23(18-16-22)21-31(4-2,25-11-7-5-8-12-25)26-13-9-6-10-14-26/h5-19H,3-4,21H2,1-2H3/q+1/b24-19-. The molecule has 0 radical (unpaired) electrons. The summed E-state index contributed by atoms with van der Waals surface area (Å²) in [5.74, 6) is -0.585. The second kappa shape index (κ2) is 10.7. The zero-order chi connectivity index (χ0) is 22.1. The van der Waals surface area contributed by atoms with Gasteiger partial charge in [-0.25, -0.2) is 4.79 Å². The number of nitriles is 1. The summed E-state index contributed by atoms with van der Waals surface area (Å²) in [5, 5.41) is 12.1. The van der Waals surface area contributed by atoms with Gasteiger partial charge in [0.2, 0.25) is 0 Å². The predicted octanol–water partition coefficient (Wildman–Crippen LogP) is 5.35. The average molecular weight is 428 g/mol. The molecule has 3 aromatic carbocycles. The van der Waals surface area contributed by atoms with Gasteiger partial charge in [0.15, 0.2) is 0 Å². The summed E-state index contributed by atoms with van der Waals surface area (Å²) in [7, 11) is -1.62. The topological polar surface area (TPSA) is 50.1 Å². The molecule has 0 aromatic heterocycles. The Kier molecular flexibility index (Phi) is 7.76. The summed E-state index contributed by atoms with van der Waals surface area (Å²) < 4.78 is 4.94. The number of hydrogen-bond donors (Lipinski definition) is 0. The number of carbonyl (C=O) groups excluding carboxylic acids is 1. The van der Waals surface area contributed by atoms with Crippen LogP contribution in [-0.4, -0.2) is 18.7 Å². The third-order valence-electron chi connectivity index (χ3n) is 5.40. The number of hydrogen-bond acceptors (Lipinski definition) is 3. The molecule has 3 aromatic rings. The van der Waals surface area contributed by atoms with Crippen molar-refractivity contribution < 1.29 is 9.53 Å². The molecule has 0 unspecified atom stereocenters. The minimum absolute atomic E-state index is 0.0126. The molecule has 0 heterocycles. The van der Waals surface area contributed by atoms with Gasteiger partial charge in [0.1, 0.15) is 11.6 Å². The van der Waals surface area contributed by atoms with Crippen LogP contribution in [0.1, 0.15) is 25.0 Å². The highest BCUT2D eigenvalue weighted by Gasteiger charge is 2.40. The highest BCUT2D eigenvalue weighted by molar-refractivity contribution is 7.88. The Bertz CT molecular complexity index is 1030. The Morgan fingerprint density at radius 1 is 0.903 bits per heavy atom. The van der Waals surface area contributed by atoms with Gasteiger partial charge in [-0.1, -0.05) is 60.7 Å². The van der Waals surface area contributed by atoms with Crippen molar-refractivity contribution in [2.75, 3.05) is 12.8 Å². The molecule has 0 saturated heterocycles. The summed E-state index contributed by atoms with van der Waals surface area (Å²) in [4.78, 5) is 11.9. The van der Waals surface area contributed by atoms with Crippen LogP contribution < -0.4 is 10.6 Å². The molecular formula is C27H27NO2P+. The molecule has 0 atom stereocenters. The predicted molar refractivity (Wildman–Crippen MR) is 130 cm³/mol. The number of ether oxygens (including phenoxy) is 1. The SMILES string of the molecule is CCOC(=O)/C(C#N)=C\c1ccc(C[P+](CC)(c2ccccc2)c2ccccc2)cc1. The van der Waals surface area contributed by atoms with Crippen LogP contribution in [0, 0.1) is 11.3 Å². The zero-order valence-corrected chi connectivity index (χ0v) is 18.9. The highest BCUT2D eigenvalue weighted by atomic mass is 31.2. The first-order chi connectivity index (χ1) is 15.1. The van der Waals surface area contributed by atoms with E-state index in [0.717, 1.165) is 17.9 Å². The maximum atomic E-state index is 11.9. The van der Waals surface area contributed by atoms with Crippen LogP contribution in [0.15, 0.2) is 90.5 Å². The van der Waals surface area contributed by atoms with E-state index in [1.54, 1.807) is 13.0 Å². The summed E-state index contributed by atoms with van der Waals surface area (Å²) in [6.07, 6.45) is 3.62. The third-order valence-corrected chi connectivity index (χ3v) is 9.96. The summed E-state index contributed by atoms with van der Waals surface area (Å²) in [5.41, 5.74) is 2.07. The molecule has 0 aliphatic heterocycles. The monoisotopic (exact) mass is 428 g/mol. The van der Waals surface area contributed by atoms with Gasteiger partial charge in [0, 0.05) is 0 Å². The first kappa shape index (κ1) is 22.5. The van der Waals surface area contributed by atoms with Crippen LogP contribution in [0.25, 0.3) is 6.08 Å². The van der Waals surface area contributed by atoms with Crippen molar-refractivity contribution in [3.63, 3.8) is 0 Å². The number of esters is 1. The van der Waals surface area contributed by atoms with Crippen molar-refractivity contribution in [1.29, 1.82) is 5.26 Å². The Hall–Kier alpha value is -3.21. The maximum Gasteiger partial charge on any atom is 0.348 e. The first-order valence-electron chi connectivity index (χ1n) is 10.5.